The Morgan fingerprint density at radius 1 is 0.284 bits per heavy atom. The van der Waals surface area contributed by atoms with Gasteiger partial charge >= 0.3 is 12.1 Å². The summed E-state index contributed by atoms with van der Waals surface area (Å²) >= 11 is 0. The predicted molar refractivity (Wildman–Crippen MR) is 387 cm³/mol. The number of fused-ring (bicyclic) bond motifs is 29. The van der Waals surface area contributed by atoms with Gasteiger partial charge in [-0.15, -0.1) is 0 Å². The summed E-state index contributed by atoms with van der Waals surface area (Å²) in [4.78, 5) is 59.7. The quantitative estimate of drug-likeness (QED) is 0.168. The highest BCUT2D eigenvalue weighted by atomic mass is 16.6. The van der Waals surface area contributed by atoms with Gasteiger partial charge in [-0.1, -0.05) is 133 Å². The molecule has 0 saturated carbocycles. The first kappa shape index (κ1) is 59.4. The maximum atomic E-state index is 16.4. The fraction of sp³-hybridized carbons (Fsp3) is 0.167. The summed E-state index contributed by atoms with van der Waals surface area (Å²) in [6, 6.07) is 67.9. The monoisotopic (exact) mass is 1340 g/mol. The zero-order chi connectivity index (χ0) is 67.6. The standard InChI is InChI=1S/C84H64N8O10/c93-81-89-47-51-43-73-75-45-53(51)49-91(81)84(56-17-5-2-6-18-56)83(89,55-15-3-1-4-16-55)90-48-52-44-74-76(46-54(52)50-92(84)82(90)94)102-42-38-98-72-26-14-10-22-60(72)80-64-30-28-62(86-64)78(58-20-8-12-24-70(58)96-36-40-100-74)66-32-34-68(88-66)79(59-21-9-13-25-71(59)97-37-41-101-75)63-29-27-61(85-63)77(65-31-33-67(80)87-65)57-19-7-11-23-69(57)95-35-39-99-73/h1-34,43-46,87-88H,35-42,47-50H2. The lowest BCUT2D eigenvalue weighted by Gasteiger charge is -2.52. The molecule has 0 radical (unpaired) electrons. The van der Waals surface area contributed by atoms with E-state index in [2.05, 4.69) is 82.8 Å². The number of urea groups is 2. The molecule has 0 unspecified atom stereocenters. The van der Waals surface area contributed by atoms with Crippen molar-refractivity contribution in [1.29, 1.82) is 0 Å². The lowest BCUT2D eigenvalue weighted by atomic mass is 9.77. The minimum Gasteiger partial charge on any atom is -0.489 e. The van der Waals surface area contributed by atoms with Crippen molar-refractivity contribution in [3.63, 3.8) is 0 Å². The van der Waals surface area contributed by atoms with Gasteiger partial charge in [-0.3, -0.25) is 19.6 Å². The summed E-state index contributed by atoms with van der Waals surface area (Å²) in [5, 5.41) is 0. The number of para-hydroxylation sites is 4. The Labute approximate surface area is 585 Å². The first-order valence-electron chi connectivity index (χ1n) is 34.5. The molecular formula is C84H64N8O10. The van der Waals surface area contributed by atoms with Gasteiger partial charge in [0.2, 0.25) is 0 Å². The molecule has 2 N–H and O–H groups in total. The average Bonchev–Trinajstić information content (AvgIpc) is 1.47. The molecule has 102 heavy (non-hydrogen) atoms. The molecule has 16 bridgehead atoms. The number of carbonyl (C=O) groups excluding carboxylic acids is 2. The molecule has 4 amide bonds. The fourth-order valence-corrected chi connectivity index (χ4v) is 16.7. The Morgan fingerprint density at radius 3 is 0.784 bits per heavy atom. The number of rotatable bonds is 2. The molecule has 500 valence electrons. The van der Waals surface area contributed by atoms with Gasteiger partial charge in [0.05, 0.1) is 49.0 Å². The summed E-state index contributed by atoms with van der Waals surface area (Å²) in [5.41, 5.74) is 13.9. The van der Waals surface area contributed by atoms with Crippen LogP contribution in [0.3, 0.4) is 0 Å². The van der Waals surface area contributed by atoms with Crippen LogP contribution in [0.2, 0.25) is 0 Å². The number of aromatic nitrogens is 4. The molecule has 11 heterocycles. The zero-order valence-electron chi connectivity index (χ0n) is 55.2. The van der Waals surface area contributed by atoms with E-state index in [0.717, 1.165) is 100.0 Å². The summed E-state index contributed by atoms with van der Waals surface area (Å²) in [7, 11) is 0. The van der Waals surface area contributed by atoms with Gasteiger partial charge in [-0.05, 0) is 119 Å². The molecule has 0 atom stereocenters. The first-order valence-corrected chi connectivity index (χ1v) is 34.5. The van der Waals surface area contributed by atoms with Crippen LogP contribution in [0.5, 0.6) is 46.0 Å². The Morgan fingerprint density at radius 2 is 0.520 bits per heavy atom. The molecule has 0 aliphatic carbocycles. The second-order valence-electron chi connectivity index (χ2n) is 26.4. The number of benzene rings is 8. The maximum absolute atomic E-state index is 16.4. The Balaban J connectivity index is 0.885. The Kier molecular flexibility index (Phi) is 13.7. The van der Waals surface area contributed by atoms with Gasteiger partial charge in [-0.25, -0.2) is 19.6 Å². The number of nitrogens with zero attached hydrogens (tertiary/aromatic N) is 6. The minimum absolute atomic E-state index is 0.0931. The number of aromatic amines is 2. The van der Waals surface area contributed by atoms with Gasteiger partial charge in [0.15, 0.2) is 34.3 Å². The zero-order valence-corrected chi connectivity index (χ0v) is 55.2. The van der Waals surface area contributed by atoms with Crippen molar-refractivity contribution in [3.8, 4) is 90.5 Å². The van der Waals surface area contributed by atoms with E-state index in [1.165, 1.54) is 0 Å². The van der Waals surface area contributed by atoms with Crippen LogP contribution in [0.15, 0.2) is 206 Å². The molecule has 0 spiro atoms. The molecule has 8 aliphatic rings. The Hall–Kier alpha value is -12.7. The fourth-order valence-electron chi connectivity index (χ4n) is 16.7. The van der Waals surface area contributed by atoms with Crippen LogP contribution in [0.25, 0.3) is 90.9 Å². The van der Waals surface area contributed by atoms with Crippen LogP contribution in [0.1, 0.15) is 56.2 Å². The van der Waals surface area contributed by atoms with E-state index < -0.39 is 11.3 Å². The number of hydrogen-bond acceptors (Lipinski definition) is 12. The van der Waals surface area contributed by atoms with E-state index in [4.69, 9.17) is 47.9 Å². The second-order valence-corrected chi connectivity index (χ2v) is 26.4. The highest BCUT2D eigenvalue weighted by molar-refractivity contribution is 6.02. The summed E-state index contributed by atoms with van der Waals surface area (Å²) in [6.45, 7) is 1.28. The van der Waals surface area contributed by atoms with Crippen LogP contribution in [-0.4, -0.2) is 104 Å². The van der Waals surface area contributed by atoms with Crippen LogP contribution in [0.4, 0.5) is 9.59 Å². The molecule has 8 aliphatic heterocycles. The topological polar surface area (TPSA) is 178 Å². The van der Waals surface area contributed by atoms with E-state index in [0.29, 0.717) is 68.8 Å². The highest BCUT2D eigenvalue weighted by Gasteiger charge is 2.80. The van der Waals surface area contributed by atoms with Gasteiger partial charge in [0.1, 0.15) is 75.9 Å². The molecule has 2 fully saturated rings. The van der Waals surface area contributed by atoms with Gasteiger partial charge < -0.3 is 47.9 Å². The number of amides is 4. The normalized spacial score (nSPS) is 18.9. The van der Waals surface area contributed by atoms with E-state index in [9.17, 15) is 0 Å². The van der Waals surface area contributed by atoms with E-state index in [1.54, 1.807) is 0 Å². The van der Waals surface area contributed by atoms with Crippen molar-refractivity contribution in [2.45, 2.75) is 37.5 Å². The SMILES string of the molecule is O=C1N2Cc3cc4c5cc3CN1C1(c3ccccc3)N3Cc6cc7c(cc6CN(C3=O)C21c1ccccc1)OCCOc1ccccc1-c1c2nc(c(c3ccc([nH]3)c(c3nc(c(c6ccc1[nH]6)-c1ccccc1OCCO5)C=C3)-c1ccccc1OCCO4)-c1ccccc1OCCO7)C=C2. The number of H-pyrrole nitrogens is 2. The van der Waals surface area contributed by atoms with Gasteiger partial charge in [0.25, 0.3) is 0 Å². The maximum Gasteiger partial charge on any atom is 0.325 e. The molecule has 11 aromatic rings. The number of carbonyl (C=O) groups is 2. The average molecular weight is 1350 g/mol. The molecular weight excluding hydrogens is 1280 g/mol. The second kappa shape index (κ2) is 23.5. The van der Waals surface area contributed by atoms with Crippen LogP contribution < -0.4 is 37.9 Å². The van der Waals surface area contributed by atoms with Crippen LogP contribution >= 0.6 is 0 Å². The minimum atomic E-state index is -1.47. The van der Waals surface area contributed by atoms with Crippen molar-refractivity contribution >= 4 is 58.4 Å². The van der Waals surface area contributed by atoms with Crippen LogP contribution in [-0.2, 0) is 37.5 Å². The third-order valence-corrected chi connectivity index (χ3v) is 20.9. The van der Waals surface area contributed by atoms with Crippen molar-refractivity contribution in [2.75, 3.05) is 52.9 Å². The largest absolute Gasteiger partial charge is 0.489 e. The summed E-state index contributed by atoms with van der Waals surface area (Å²) in [5.74, 6) is 4.20. The molecule has 2 saturated heterocycles. The molecule has 19 rings (SSSR count). The van der Waals surface area contributed by atoms with Crippen molar-refractivity contribution in [3.05, 3.63) is 262 Å². The van der Waals surface area contributed by atoms with Gasteiger partial charge in [-0.2, -0.15) is 0 Å². The number of ether oxygens (including phenoxy) is 8. The highest BCUT2D eigenvalue weighted by Crippen LogP contribution is 2.66. The molecule has 18 heteroatoms. The summed E-state index contributed by atoms with van der Waals surface area (Å²) in [6.07, 6.45) is 8.25. The lowest BCUT2D eigenvalue weighted by molar-refractivity contribution is -0.0915. The summed E-state index contributed by atoms with van der Waals surface area (Å²) < 4.78 is 55.5. The first-order chi connectivity index (χ1) is 50.4. The van der Waals surface area contributed by atoms with Crippen molar-refractivity contribution < 1.29 is 47.5 Å². The third-order valence-electron chi connectivity index (χ3n) is 20.9. The smallest absolute Gasteiger partial charge is 0.325 e. The molecule has 18 nitrogen and oxygen atoms in total. The molecule has 8 aromatic carbocycles. The number of hydrogen-bond donors (Lipinski definition) is 2. The molecule has 3 aromatic heterocycles. The lowest BCUT2D eigenvalue weighted by Crippen LogP contribution is -2.64. The van der Waals surface area contributed by atoms with Gasteiger partial charge in [0, 0.05) is 77.7 Å². The Bertz CT molecular complexity index is 4950. The van der Waals surface area contributed by atoms with Crippen LogP contribution in [0, 0.1) is 0 Å². The third kappa shape index (κ3) is 9.03. The number of nitrogens with one attached hydrogen (secondary N) is 2. The van der Waals surface area contributed by atoms with E-state index in [1.807, 2.05) is 177 Å². The predicted octanol–water partition coefficient (Wildman–Crippen LogP) is 16.0. The van der Waals surface area contributed by atoms with E-state index >= 15 is 9.59 Å². The van der Waals surface area contributed by atoms with Crippen molar-refractivity contribution in [1.82, 2.24) is 39.5 Å². The van der Waals surface area contributed by atoms with Crippen molar-refractivity contribution in [2.24, 2.45) is 0 Å². The van der Waals surface area contributed by atoms with E-state index in [-0.39, 0.29) is 91.1 Å².